The zero-order chi connectivity index (χ0) is 19.9. The number of nitrogens with zero attached hydrogens (tertiary/aromatic N) is 4. The Balaban J connectivity index is 1.45. The molecule has 0 saturated carbocycles. The molecule has 0 N–H and O–H groups in total. The summed E-state index contributed by atoms with van der Waals surface area (Å²) in [6.45, 7) is 5.40. The van der Waals surface area contributed by atoms with Crippen molar-refractivity contribution in [3.8, 4) is 10.8 Å². The Kier molecular flexibility index (Phi) is 5.15. The first kappa shape index (κ1) is 19.4. The van der Waals surface area contributed by atoms with Crippen LogP contribution in [-0.4, -0.2) is 46.6 Å². The lowest BCUT2D eigenvalue weighted by Crippen LogP contribution is -2.19. The highest BCUT2D eigenvalue weighted by molar-refractivity contribution is 7.91. The number of rotatable bonds is 6. The van der Waals surface area contributed by atoms with Gasteiger partial charge >= 0.3 is 0 Å². The molecule has 0 amide bonds. The van der Waals surface area contributed by atoms with Crippen molar-refractivity contribution in [2.45, 2.75) is 39.4 Å². The Bertz CT molecular complexity index is 1070. The molecule has 0 bridgehead atoms. The Morgan fingerprint density at radius 3 is 2.86 bits per heavy atom. The molecule has 28 heavy (non-hydrogen) atoms. The molecule has 3 aromatic rings. The molecule has 4 heterocycles. The molecule has 150 valence electrons. The summed E-state index contributed by atoms with van der Waals surface area (Å²) in [4.78, 5) is 7.77. The first-order valence-corrected chi connectivity index (χ1v) is 11.9. The van der Waals surface area contributed by atoms with Gasteiger partial charge in [-0.3, -0.25) is 9.58 Å². The molecule has 0 radical (unpaired) electrons. The van der Waals surface area contributed by atoms with E-state index >= 15 is 0 Å². The Hall–Kier alpha value is -1.97. The number of hydrogen-bond donors (Lipinski definition) is 0. The van der Waals surface area contributed by atoms with Gasteiger partial charge in [0, 0.05) is 24.3 Å². The molecule has 7 nitrogen and oxygen atoms in total. The molecule has 1 saturated heterocycles. The summed E-state index contributed by atoms with van der Waals surface area (Å²) < 4.78 is 31.2. The van der Waals surface area contributed by atoms with Crippen LogP contribution in [-0.2, 0) is 22.9 Å². The summed E-state index contributed by atoms with van der Waals surface area (Å²) in [5, 5.41) is 6.65. The molecule has 1 aliphatic rings. The van der Waals surface area contributed by atoms with Crippen molar-refractivity contribution in [1.82, 2.24) is 19.7 Å². The minimum atomic E-state index is -2.93. The fourth-order valence-corrected chi connectivity index (χ4v) is 6.09. The van der Waals surface area contributed by atoms with E-state index in [0.717, 1.165) is 34.1 Å². The largest absolute Gasteiger partial charge is 0.444 e. The van der Waals surface area contributed by atoms with Crippen molar-refractivity contribution in [1.29, 1.82) is 0 Å². The third kappa shape index (κ3) is 3.92. The lowest BCUT2D eigenvalue weighted by atomic mass is 10.1. The maximum absolute atomic E-state index is 11.8. The summed E-state index contributed by atoms with van der Waals surface area (Å²) in [7, 11) is -0.896. The monoisotopic (exact) mass is 420 g/mol. The predicted octanol–water partition coefficient (Wildman–Crippen LogP) is 3.21. The zero-order valence-electron chi connectivity index (χ0n) is 16.3. The van der Waals surface area contributed by atoms with E-state index in [1.165, 1.54) is 0 Å². The summed E-state index contributed by atoms with van der Waals surface area (Å²) in [6, 6.07) is 3.93. The van der Waals surface area contributed by atoms with Crippen LogP contribution >= 0.6 is 11.3 Å². The Morgan fingerprint density at radius 2 is 2.18 bits per heavy atom. The number of hydrogen-bond acceptors (Lipinski definition) is 7. The van der Waals surface area contributed by atoms with Crippen LogP contribution in [0.5, 0.6) is 0 Å². The number of aryl methyl sites for hydroxylation is 1. The van der Waals surface area contributed by atoms with E-state index in [2.05, 4.69) is 15.0 Å². The number of thiophene rings is 1. The van der Waals surface area contributed by atoms with E-state index in [4.69, 9.17) is 4.42 Å². The maximum Gasteiger partial charge on any atom is 0.236 e. The van der Waals surface area contributed by atoms with E-state index in [-0.39, 0.29) is 17.5 Å². The van der Waals surface area contributed by atoms with E-state index in [1.807, 2.05) is 43.1 Å². The highest BCUT2D eigenvalue weighted by Crippen LogP contribution is 2.28. The predicted molar refractivity (Wildman–Crippen MR) is 109 cm³/mol. The minimum Gasteiger partial charge on any atom is -0.444 e. The van der Waals surface area contributed by atoms with E-state index in [9.17, 15) is 8.42 Å². The number of sulfone groups is 1. The van der Waals surface area contributed by atoms with Crippen molar-refractivity contribution in [3.05, 3.63) is 46.4 Å². The quantitative estimate of drug-likeness (QED) is 0.609. The third-order valence-corrected chi connectivity index (χ3v) is 7.78. The topological polar surface area (TPSA) is 81.2 Å². The van der Waals surface area contributed by atoms with Gasteiger partial charge in [0.25, 0.3) is 0 Å². The van der Waals surface area contributed by atoms with Gasteiger partial charge in [-0.1, -0.05) is 6.07 Å². The normalized spacial score (nSPS) is 18.9. The van der Waals surface area contributed by atoms with Crippen LogP contribution in [0, 0.1) is 13.8 Å². The highest BCUT2D eigenvalue weighted by atomic mass is 32.2. The van der Waals surface area contributed by atoms with Gasteiger partial charge < -0.3 is 4.42 Å². The Morgan fingerprint density at radius 1 is 1.36 bits per heavy atom. The molecular weight excluding hydrogens is 396 g/mol. The van der Waals surface area contributed by atoms with Gasteiger partial charge in [-0.2, -0.15) is 5.10 Å². The first-order valence-electron chi connectivity index (χ1n) is 9.24. The average Bonchev–Trinajstić information content (AvgIpc) is 3.39. The van der Waals surface area contributed by atoms with Crippen LogP contribution in [0.4, 0.5) is 0 Å². The lowest BCUT2D eigenvalue weighted by molar-refractivity contribution is 0.313. The van der Waals surface area contributed by atoms with Crippen molar-refractivity contribution in [3.63, 3.8) is 0 Å². The van der Waals surface area contributed by atoms with Crippen molar-refractivity contribution in [2.75, 3.05) is 18.6 Å². The minimum absolute atomic E-state index is 0.0494. The van der Waals surface area contributed by atoms with E-state index < -0.39 is 9.84 Å². The molecule has 1 fully saturated rings. The van der Waals surface area contributed by atoms with Crippen LogP contribution < -0.4 is 0 Å². The Labute approximate surface area is 168 Å². The van der Waals surface area contributed by atoms with Crippen LogP contribution in [0.1, 0.15) is 35.1 Å². The standard InChI is InChI=1S/C19H24N4O3S2/c1-13-17(14(2)23(21-13)16-6-8-28(24,25)12-16)10-22(3)9-15-11-26-19(20-15)18-5-4-7-27-18/h4-5,7,11,16H,6,8-10,12H2,1-3H3/t16-/m0/s1. The van der Waals surface area contributed by atoms with E-state index in [1.54, 1.807) is 17.6 Å². The average molecular weight is 421 g/mol. The first-order chi connectivity index (χ1) is 13.3. The van der Waals surface area contributed by atoms with Gasteiger partial charge in [0.1, 0.15) is 6.26 Å². The van der Waals surface area contributed by atoms with Crippen LogP contribution in [0.2, 0.25) is 0 Å². The van der Waals surface area contributed by atoms with Gasteiger partial charge in [-0.05, 0) is 38.8 Å². The lowest BCUT2D eigenvalue weighted by Gasteiger charge is -2.16. The van der Waals surface area contributed by atoms with Gasteiger partial charge in [-0.15, -0.1) is 11.3 Å². The van der Waals surface area contributed by atoms with Crippen molar-refractivity contribution >= 4 is 21.2 Å². The number of oxazole rings is 1. The molecule has 4 rings (SSSR count). The smallest absolute Gasteiger partial charge is 0.236 e. The SMILES string of the molecule is Cc1nn([C@H]2CCS(=O)(=O)C2)c(C)c1CN(C)Cc1coc(-c2cccs2)n1. The fraction of sp³-hybridized carbons (Fsp3) is 0.474. The van der Waals surface area contributed by atoms with E-state index in [0.29, 0.717) is 18.9 Å². The fourth-order valence-electron chi connectivity index (χ4n) is 3.75. The molecule has 0 aliphatic carbocycles. The highest BCUT2D eigenvalue weighted by Gasteiger charge is 2.31. The molecule has 0 aromatic carbocycles. The van der Waals surface area contributed by atoms with Gasteiger partial charge in [-0.25, -0.2) is 13.4 Å². The second-order valence-electron chi connectivity index (χ2n) is 7.44. The summed E-state index contributed by atoms with van der Waals surface area (Å²) in [5.41, 5.74) is 4.03. The maximum atomic E-state index is 11.8. The molecular formula is C19H24N4O3S2. The van der Waals surface area contributed by atoms with Gasteiger partial charge in [0.15, 0.2) is 9.84 Å². The molecule has 9 heteroatoms. The summed E-state index contributed by atoms with van der Waals surface area (Å²) >= 11 is 1.61. The van der Waals surface area contributed by atoms with Gasteiger partial charge in [0.2, 0.25) is 5.89 Å². The van der Waals surface area contributed by atoms with Crippen molar-refractivity contribution < 1.29 is 12.8 Å². The second-order valence-corrected chi connectivity index (χ2v) is 10.6. The molecule has 1 aliphatic heterocycles. The summed E-state index contributed by atoms with van der Waals surface area (Å²) in [6.07, 6.45) is 2.35. The zero-order valence-corrected chi connectivity index (χ0v) is 17.9. The van der Waals surface area contributed by atoms with Crippen molar-refractivity contribution in [2.24, 2.45) is 0 Å². The van der Waals surface area contributed by atoms with Crippen LogP contribution in [0.15, 0.2) is 28.2 Å². The number of aromatic nitrogens is 3. The molecule has 0 spiro atoms. The van der Waals surface area contributed by atoms with Crippen LogP contribution in [0.25, 0.3) is 10.8 Å². The molecule has 0 unspecified atom stereocenters. The second kappa shape index (κ2) is 7.46. The van der Waals surface area contributed by atoms with Crippen LogP contribution in [0.3, 0.4) is 0 Å². The third-order valence-electron chi connectivity index (χ3n) is 5.17. The molecule has 1 atom stereocenters. The molecule has 3 aromatic heterocycles. The summed E-state index contributed by atoms with van der Waals surface area (Å²) in [5.74, 6) is 1.10. The van der Waals surface area contributed by atoms with Gasteiger partial charge in [0.05, 0.1) is 33.8 Å².